The zero-order valence-corrected chi connectivity index (χ0v) is 14.5. The largest absolute Gasteiger partial charge is 0.381 e. The van der Waals surface area contributed by atoms with Crippen LogP contribution in [0.2, 0.25) is 0 Å². The summed E-state index contributed by atoms with van der Waals surface area (Å²) in [7, 11) is 0. The lowest BCUT2D eigenvalue weighted by Gasteiger charge is -2.36. The van der Waals surface area contributed by atoms with Crippen LogP contribution in [0.1, 0.15) is 59.8 Å². The van der Waals surface area contributed by atoms with E-state index in [2.05, 4.69) is 40.3 Å². The average molecular weight is 301 g/mol. The number of amides is 1. The summed E-state index contributed by atoms with van der Waals surface area (Å²) in [6.45, 7) is 11.9. The summed E-state index contributed by atoms with van der Waals surface area (Å²) in [5.74, 6) is 0.227. The summed E-state index contributed by atoms with van der Waals surface area (Å²) >= 11 is 4.60. The van der Waals surface area contributed by atoms with Crippen molar-refractivity contribution < 1.29 is 9.53 Å². The quantitative estimate of drug-likeness (QED) is 0.601. The van der Waals surface area contributed by atoms with Gasteiger partial charge in [0.15, 0.2) is 0 Å². The third kappa shape index (κ3) is 7.53. The first-order valence-electron chi connectivity index (χ1n) is 7.78. The maximum Gasteiger partial charge on any atom is 0.224 e. The Balaban J connectivity index is 2.06. The highest BCUT2D eigenvalue weighted by molar-refractivity contribution is 7.81. The molecule has 0 saturated carbocycles. The molecule has 0 spiro atoms. The van der Waals surface area contributed by atoms with E-state index >= 15 is 0 Å². The number of nitrogens with zero attached hydrogens (tertiary/aromatic N) is 1. The maximum atomic E-state index is 12.0. The summed E-state index contributed by atoms with van der Waals surface area (Å²) in [4.78, 5) is 14.0. The molecule has 0 atom stereocenters. The van der Waals surface area contributed by atoms with E-state index in [1.165, 1.54) is 0 Å². The smallest absolute Gasteiger partial charge is 0.224 e. The Kier molecular flexibility index (Phi) is 6.86. The predicted octanol–water partition coefficient (Wildman–Crippen LogP) is 3.53. The van der Waals surface area contributed by atoms with Gasteiger partial charge in [-0.3, -0.25) is 4.79 Å². The van der Waals surface area contributed by atoms with Crippen LogP contribution in [0, 0.1) is 5.41 Å². The van der Waals surface area contributed by atoms with Gasteiger partial charge in [-0.1, -0.05) is 27.7 Å². The van der Waals surface area contributed by atoms with Crippen molar-refractivity contribution >= 4 is 18.5 Å². The monoisotopic (exact) mass is 301 g/mol. The fourth-order valence-electron chi connectivity index (χ4n) is 2.36. The molecule has 20 heavy (non-hydrogen) atoms. The third-order valence-electron chi connectivity index (χ3n) is 3.87. The van der Waals surface area contributed by atoms with Gasteiger partial charge in [-0.15, -0.1) is 0 Å². The van der Waals surface area contributed by atoms with Crippen LogP contribution in [-0.2, 0) is 9.53 Å². The van der Waals surface area contributed by atoms with Crippen molar-refractivity contribution in [2.75, 3.05) is 26.3 Å². The van der Waals surface area contributed by atoms with Crippen LogP contribution in [0.3, 0.4) is 0 Å². The zero-order valence-electron chi connectivity index (χ0n) is 13.6. The summed E-state index contributed by atoms with van der Waals surface area (Å²) in [6.07, 6.45) is 4.70. The van der Waals surface area contributed by atoms with E-state index in [1.807, 2.05) is 4.90 Å². The SMILES string of the molecule is CC(C)(C)CCCOCCC(=O)N1CCC(C)(S)CC1. The van der Waals surface area contributed by atoms with Crippen LogP contribution in [0.4, 0.5) is 0 Å². The number of carbonyl (C=O) groups excluding carboxylic acids is 1. The normalized spacial score (nSPS) is 19.1. The molecule has 1 aliphatic rings. The molecule has 0 aromatic rings. The summed E-state index contributed by atoms with van der Waals surface area (Å²) in [6, 6.07) is 0. The van der Waals surface area contributed by atoms with Crippen molar-refractivity contribution in [2.24, 2.45) is 5.41 Å². The Labute approximate surface area is 129 Å². The molecule has 0 unspecified atom stereocenters. The molecule has 3 nitrogen and oxygen atoms in total. The van der Waals surface area contributed by atoms with Crippen molar-refractivity contribution in [2.45, 2.75) is 64.5 Å². The van der Waals surface area contributed by atoms with Gasteiger partial charge in [0, 0.05) is 24.4 Å². The molecular weight excluding hydrogens is 270 g/mol. The number of hydrogen-bond acceptors (Lipinski definition) is 3. The van der Waals surface area contributed by atoms with Gasteiger partial charge in [-0.2, -0.15) is 12.6 Å². The molecule has 1 saturated heterocycles. The van der Waals surface area contributed by atoms with Crippen molar-refractivity contribution in [1.29, 1.82) is 0 Å². The molecular formula is C16H31NO2S. The first-order chi connectivity index (χ1) is 9.20. The Bertz CT molecular complexity index is 300. The number of likely N-dealkylation sites (tertiary alicyclic amines) is 1. The zero-order chi connectivity index (χ0) is 15.2. The summed E-state index contributed by atoms with van der Waals surface area (Å²) < 4.78 is 5.67. The van der Waals surface area contributed by atoms with Gasteiger partial charge in [0.2, 0.25) is 5.91 Å². The fraction of sp³-hybridized carbons (Fsp3) is 0.938. The molecule has 0 bridgehead atoms. The lowest BCUT2D eigenvalue weighted by Crippen LogP contribution is -2.43. The second-order valence-corrected chi connectivity index (χ2v) is 8.48. The molecule has 118 valence electrons. The molecule has 1 rings (SSSR count). The molecule has 1 fully saturated rings. The molecule has 1 aliphatic heterocycles. The van der Waals surface area contributed by atoms with Crippen LogP contribution in [0.25, 0.3) is 0 Å². The first kappa shape index (κ1) is 17.8. The van der Waals surface area contributed by atoms with Crippen molar-refractivity contribution in [3.8, 4) is 0 Å². The van der Waals surface area contributed by atoms with Crippen LogP contribution < -0.4 is 0 Å². The summed E-state index contributed by atoms with van der Waals surface area (Å²) in [5, 5.41) is 0. The Morgan fingerprint density at radius 1 is 1.25 bits per heavy atom. The lowest BCUT2D eigenvalue weighted by molar-refractivity contribution is -0.133. The second-order valence-electron chi connectivity index (χ2n) is 7.40. The number of rotatable bonds is 6. The molecule has 0 radical (unpaired) electrons. The predicted molar refractivity (Wildman–Crippen MR) is 87.3 cm³/mol. The fourth-order valence-corrected chi connectivity index (χ4v) is 2.56. The number of carbonyl (C=O) groups is 1. The summed E-state index contributed by atoms with van der Waals surface area (Å²) in [5.41, 5.74) is 0.368. The van der Waals surface area contributed by atoms with Gasteiger partial charge in [-0.05, 0) is 31.1 Å². The number of thiol groups is 1. The van der Waals surface area contributed by atoms with E-state index in [9.17, 15) is 4.79 Å². The van der Waals surface area contributed by atoms with E-state index in [0.29, 0.717) is 18.4 Å². The van der Waals surface area contributed by atoms with E-state index in [0.717, 1.165) is 45.4 Å². The highest BCUT2D eigenvalue weighted by atomic mass is 32.1. The minimum absolute atomic E-state index is 0.0975. The first-order valence-corrected chi connectivity index (χ1v) is 8.22. The van der Waals surface area contributed by atoms with Crippen LogP contribution in [-0.4, -0.2) is 41.9 Å². The van der Waals surface area contributed by atoms with Crippen molar-refractivity contribution in [3.05, 3.63) is 0 Å². The van der Waals surface area contributed by atoms with E-state index in [1.54, 1.807) is 0 Å². The van der Waals surface area contributed by atoms with Crippen molar-refractivity contribution in [3.63, 3.8) is 0 Å². The van der Waals surface area contributed by atoms with Gasteiger partial charge in [-0.25, -0.2) is 0 Å². The van der Waals surface area contributed by atoms with Crippen molar-refractivity contribution in [1.82, 2.24) is 4.90 Å². The van der Waals surface area contributed by atoms with Gasteiger partial charge in [0.1, 0.15) is 0 Å². The van der Waals surface area contributed by atoms with E-state index in [-0.39, 0.29) is 10.7 Å². The molecule has 0 N–H and O–H groups in total. The molecule has 1 heterocycles. The topological polar surface area (TPSA) is 29.5 Å². The Hall–Kier alpha value is -0.220. The highest BCUT2D eigenvalue weighted by Crippen LogP contribution is 2.28. The van der Waals surface area contributed by atoms with E-state index < -0.39 is 0 Å². The lowest BCUT2D eigenvalue weighted by atomic mass is 9.91. The molecule has 0 aromatic carbocycles. The van der Waals surface area contributed by atoms with Crippen LogP contribution in [0.15, 0.2) is 0 Å². The van der Waals surface area contributed by atoms with Crippen LogP contribution in [0.5, 0.6) is 0 Å². The standard InChI is InChI=1S/C16H31NO2S/c1-15(2,3)7-5-12-19-13-6-14(18)17-10-8-16(4,20)9-11-17/h20H,5-13H2,1-4H3. The number of ether oxygens (including phenoxy) is 1. The number of hydrogen-bond donors (Lipinski definition) is 1. The van der Waals surface area contributed by atoms with Gasteiger partial charge in [0.05, 0.1) is 13.0 Å². The van der Waals surface area contributed by atoms with Crippen LogP contribution >= 0.6 is 12.6 Å². The third-order valence-corrected chi connectivity index (χ3v) is 4.32. The van der Waals surface area contributed by atoms with Gasteiger partial charge >= 0.3 is 0 Å². The second kappa shape index (κ2) is 7.69. The minimum atomic E-state index is 0.0975. The number of piperidine rings is 1. The van der Waals surface area contributed by atoms with E-state index in [4.69, 9.17) is 4.74 Å². The minimum Gasteiger partial charge on any atom is -0.381 e. The Morgan fingerprint density at radius 2 is 1.85 bits per heavy atom. The van der Waals surface area contributed by atoms with Gasteiger partial charge < -0.3 is 9.64 Å². The molecule has 1 amide bonds. The maximum absolute atomic E-state index is 12.0. The average Bonchev–Trinajstić information content (AvgIpc) is 2.32. The molecule has 4 heteroatoms. The Morgan fingerprint density at radius 3 is 2.40 bits per heavy atom. The highest BCUT2D eigenvalue weighted by Gasteiger charge is 2.28. The molecule has 0 aliphatic carbocycles. The molecule has 0 aromatic heterocycles. The van der Waals surface area contributed by atoms with Gasteiger partial charge in [0.25, 0.3) is 0 Å².